The highest BCUT2D eigenvalue weighted by atomic mass is 32.2. The Morgan fingerprint density at radius 3 is 2.52 bits per heavy atom. The smallest absolute Gasteiger partial charge is 0.373 e. The van der Waals surface area contributed by atoms with Crippen molar-refractivity contribution in [2.24, 2.45) is 0 Å². The van der Waals surface area contributed by atoms with Crippen molar-refractivity contribution in [3.8, 4) is 11.4 Å². The quantitative estimate of drug-likeness (QED) is 0.406. The van der Waals surface area contributed by atoms with Crippen LogP contribution in [0.3, 0.4) is 0 Å². The van der Waals surface area contributed by atoms with Crippen molar-refractivity contribution < 1.29 is 13.9 Å². The molecule has 2 heterocycles. The maximum Gasteiger partial charge on any atom is 0.373 e. The van der Waals surface area contributed by atoms with E-state index >= 15 is 0 Å². The molecule has 3 rings (SSSR count). The molecule has 0 saturated heterocycles. The summed E-state index contributed by atoms with van der Waals surface area (Å²) in [5, 5.41) is 8.91. The molecule has 0 saturated carbocycles. The molecular formula is C19H22N4O3S. The van der Waals surface area contributed by atoms with Gasteiger partial charge in [0, 0.05) is 5.56 Å². The fraction of sp³-hybridized carbons (Fsp3) is 0.316. The molecule has 0 amide bonds. The monoisotopic (exact) mass is 386 g/mol. The van der Waals surface area contributed by atoms with Crippen LogP contribution in [0.25, 0.3) is 11.4 Å². The molecule has 3 aromatic rings. The number of hydrogen-bond donors (Lipinski definition) is 1. The lowest BCUT2D eigenvalue weighted by molar-refractivity contribution is 0.0563. The van der Waals surface area contributed by atoms with Crippen LogP contribution in [-0.2, 0) is 15.9 Å². The molecule has 0 aliphatic carbocycles. The van der Waals surface area contributed by atoms with Crippen LogP contribution in [0.5, 0.6) is 0 Å². The first kappa shape index (κ1) is 19.0. The highest BCUT2D eigenvalue weighted by molar-refractivity contribution is 7.98. The zero-order valence-corrected chi connectivity index (χ0v) is 16.5. The molecule has 0 aliphatic rings. The van der Waals surface area contributed by atoms with Crippen molar-refractivity contribution in [3.05, 3.63) is 53.5 Å². The predicted octanol–water partition coefficient (Wildman–Crippen LogP) is 3.63. The number of aromatic nitrogens is 3. The normalized spacial score (nSPS) is 11.6. The summed E-state index contributed by atoms with van der Waals surface area (Å²) in [5.74, 6) is 7.51. The van der Waals surface area contributed by atoms with Gasteiger partial charge in [-0.25, -0.2) is 9.47 Å². The van der Waals surface area contributed by atoms with Gasteiger partial charge in [-0.2, -0.15) is 0 Å². The Kier molecular flexibility index (Phi) is 5.27. The first-order chi connectivity index (χ1) is 12.8. The Morgan fingerprint density at radius 1 is 1.19 bits per heavy atom. The fourth-order valence-corrected chi connectivity index (χ4v) is 3.24. The average Bonchev–Trinajstić information content (AvgIpc) is 3.25. The van der Waals surface area contributed by atoms with E-state index in [9.17, 15) is 4.79 Å². The second-order valence-electron chi connectivity index (χ2n) is 7.05. The number of methoxy groups -OCH3 is 1. The van der Waals surface area contributed by atoms with Gasteiger partial charge in [0.25, 0.3) is 0 Å². The summed E-state index contributed by atoms with van der Waals surface area (Å²) >= 11 is 1.37. The molecule has 0 fully saturated rings. The number of nitrogen functional groups attached to an aromatic ring is 1. The maximum atomic E-state index is 11.4. The van der Waals surface area contributed by atoms with Crippen molar-refractivity contribution in [2.75, 3.05) is 13.0 Å². The molecule has 0 bridgehead atoms. The number of benzene rings is 1. The number of nitrogens with two attached hydrogens (primary N) is 1. The minimum atomic E-state index is -0.505. The summed E-state index contributed by atoms with van der Waals surface area (Å²) in [5.41, 5.74) is 2.22. The molecule has 142 valence electrons. The van der Waals surface area contributed by atoms with Crippen molar-refractivity contribution >= 4 is 17.7 Å². The number of carbonyl (C=O) groups excluding carboxylic acids is 1. The summed E-state index contributed by atoms with van der Waals surface area (Å²) in [6.07, 6.45) is 0. The average molecular weight is 386 g/mol. The number of ether oxygens (including phenoxy) is 1. The van der Waals surface area contributed by atoms with E-state index in [0.29, 0.717) is 22.5 Å². The van der Waals surface area contributed by atoms with E-state index in [2.05, 4.69) is 47.8 Å². The minimum absolute atomic E-state index is 0.0853. The van der Waals surface area contributed by atoms with Gasteiger partial charge >= 0.3 is 5.97 Å². The van der Waals surface area contributed by atoms with Crippen LogP contribution < -0.4 is 5.84 Å². The lowest BCUT2D eigenvalue weighted by Gasteiger charge is -2.19. The Bertz CT molecular complexity index is 939. The van der Waals surface area contributed by atoms with Crippen LogP contribution in [0.2, 0.25) is 0 Å². The molecule has 0 unspecified atom stereocenters. The van der Waals surface area contributed by atoms with Gasteiger partial charge in [-0.1, -0.05) is 56.8 Å². The highest BCUT2D eigenvalue weighted by Crippen LogP contribution is 2.27. The van der Waals surface area contributed by atoms with Gasteiger partial charge in [0.1, 0.15) is 5.76 Å². The number of furan rings is 1. The minimum Gasteiger partial charge on any atom is -0.463 e. The molecule has 0 spiro atoms. The van der Waals surface area contributed by atoms with Gasteiger partial charge < -0.3 is 15.0 Å². The third-order valence-electron chi connectivity index (χ3n) is 4.07. The van der Waals surface area contributed by atoms with Crippen LogP contribution in [0.1, 0.15) is 42.6 Å². The molecule has 7 nitrogen and oxygen atoms in total. The zero-order valence-electron chi connectivity index (χ0n) is 15.7. The molecule has 0 radical (unpaired) electrons. The number of esters is 1. The van der Waals surface area contributed by atoms with Crippen LogP contribution in [0.4, 0.5) is 0 Å². The molecule has 2 N–H and O–H groups in total. The lowest BCUT2D eigenvalue weighted by atomic mass is 9.87. The van der Waals surface area contributed by atoms with Gasteiger partial charge in [-0.15, -0.1) is 10.2 Å². The zero-order chi connectivity index (χ0) is 19.6. The maximum absolute atomic E-state index is 11.4. The van der Waals surface area contributed by atoms with Crippen molar-refractivity contribution in [1.82, 2.24) is 14.9 Å². The Labute approximate surface area is 161 Å². The van der Waals surface area contributed by atoms with Crippen LogP contribution in [0.15, 0.2) is 46.0 Å². The molecule has 2 aromatic heterocycles. The molecule has 0 aliphatic heterocycles. The van der Waals surface area contributed by atoms with Gasteiger partial charge in [-0.05, 0) is 23.1 Å². The molecule has 0 atom stereocenters. The summed E-state index contributed by atoms with van der Waals surface area (Å²) in [7, 11) is 1.31. The topological polar surface area (TPSA) is 96.2 Å². The van der Waals surface area contributed by atoms with E-state index in [1.165, 1.54) is 29.1 Å². The first-order valence-electron chi connectivity index (χ1n) is 8.41. The number of nitrogens with zero attached hydrogens (tertiary/aromatic N) is 3. The van der Waals surface area contributed by atoms with Crippen LogP contribution in [0, 0.1) is 0 Å². The van der Waals surface area contributed by atoms with Crippen molar-refractivity contribution in [2.45, 2.75) is 37.1 Å². The van der Waals surface area contributed by atoms with E-state index < -0.39 is 5.97 Å². The van der Waals surface area contributed by atoms with E-state index in [-0.39, 0.29) is 11.2 Å². The Balaban J connectivity index is 1.72. The van der Waals surface area contributed by atoms with Crippen LogP contribution in [-0.4, -0.2) is 28.0 Å². The summed E-state index contributed by atoms with van der Waals surface area (Å²) in [6, 6.07) is 11.5. The first-order valence-corrected chi connectivity index (χ1v) is 9.39. The summed E-state index contributed by atoms with van der Waals surface area (Å²) in [4.78, 5) is 11.4. The van der Waals surface area contributed by atoms with Gasteiger partial charge in [0.05, 0.1) is 12.9 Å². The Hall–Kier alpha value is -2.74. The third-order valence-corrected chi connectivity index (χ3v) is 5.03. The molecule has 8 heteroatoms. The number of rotatable bonds is 5. The Morgan fingerprint density at radius 2 is 1.89 bits per heavy atom. The molecular weight excluding hydrogens is 364 g/mol. The van der Waals surface area contributed by atoms with Gasteiger partial charge in [0.2, 0.25) is 10.9 Å². The largest absolute Gasteiger partial charge is 0.463 e. The number of hydrogen-bond acceptors (Lipinski definition) is 7. The lowest BCUT2D eigenvalue weighted by Crippen LogP contribution is -2.12. The van der Waals surface area contributed by atoms with Gasteiger partial charge in [0.15, 0.2) is 5.82 Å². The summed E-state index contributed by atoms with van der Waals surface area (Å²) < 4.78 is 11.5. The fourth-order valence-electron chi connectivity index (χ4n) is 2.49. The van der Waals surface area contributed by atoms with E-state index in [4.69, 9.17) is 10.3 Å². The third kappa shape index (κ3) is 4.16. The van der Waals surface area contributed by atoms with Crippen molar-refractivity contribution in [3.63, 3.8) is 0 Å². The van der Waals surface area contributed by atoms with E-state index in [1.54, 1.807) is 12.1 Å². The number of thioether (sulfide) groups is 1. The molecule has 1 aromatic carbocycles. The van der Waals surface area contributed by atoms with Crippen molar-refractivity contribution in [1.29, 1.82) is 0 Å². The van der Waals surface area contributed by atoms with E-state index in [0.717, 1.165) is 5.56 Å². The predicted molar refractivity (Wildman–Crippen MR) is 104 cm³/mol. The molecule has 27 heavy (non-hydrogen) atoms. The number of carbonyl (C=O) groups is 1. The van der Waals surface area contributed by atoms with E-state index in [1.807, 2.05) is 12.1 Å². The standard InChI is InChI=1S/C19H22N4O3S/c1-19(2,3)13-7-5-12(6-8-13)16-21-22-18(23(16)20)27-11-14-9-10-15(26-14)17(24)25-4/h5-10H,11,20H2,1-4H3. The second kappa shape index (κ2) is 7.48. The second-order valence-corrected chi connectivity index (χ2v) is 7.99. The van der Waals surface area contributed by atoms with Gasteiger partial charge in [-0.3, -0.25) is 0 Å². The summed E-state index contributed by atoms with van der Waals surface area (Å²) in [6.45, 7) is 6.51. The van der Waals surface area contributed by atoms with Crippen LogP contribution >= 0.6 is 11.8 Å². The SMILES string of the molecule is COC(=O)c1ccc(CSc2nnc(-c3ccc(C(C)(C)C)cc3)n2N)o1. The highest BCUT2D eigenvalue weighted by Gasteiger charge is 2.17.